The first-order valence-electron chi connectivity index (χ1n) is 8.54. The van der Waals surface area contributed by atoms with Crippen LogP contribution < -0.4 is 10.9 Å². The van der Waals surface area contributed by atoms with Crippen LogP contribution in [0.15, 0.2) is 53.5 Å². The van der Waals surface area contributed by atoms with E-state index in [0.717, 1.165) is 11.1 Å². The number of aromatic nitrogens is 2. The van der Waals surface area contributed by atoms with Crippen molar-refractivity contribution in [2.24, 2.45) is 0 Å². The molecule has 2 heterocycles. The Kier molecular flexibility index (Phi) is 6.19. The Hall–Kier alpha value is -2.31. The van der Waals surface area contributed by atoms with Crippen LogP contribution in [-0.2, 0) is 10.5 Å². The standard InChI is InChI=1S/C20H20ClN3O2S/c1-13-3-8-18-23-17(9-20(26)24(18)10-13)11-27-12-19(25)22-14(2)15-4-6-16(21)7-5-15/h3-10,14H,11-12H2,1-2H3,(H,22,25)/t14-/m1/s1. The fourth-order valence-electron chi connectivity index (χ4n) is 2.70. The van der Waals surface area contributed by atoms with Gasteiger partial charge in [0.2, 0.25) is 5.91 Å². The SMILES string of the molecule is Cc1ccc2nc(CSCC(=O)N[C@H](C)c3ccc(Cl)cc3)cc(=O)n2c1. The van der Waals surface area contributed by atoms with E-state index in [1.165, 1.54) is 22.2 Å². The molecule has 0 aliphatic heterocycles. The minimum atomic E-state index is -0.111. The van der Waals surface area contributed by atoms with Crippen molar-refractivity contribution in [1.82, 2.24) is 14.7 Å². The maximum atomic E-state index is 12.2. The summed E-state index contributed by atoms with van der Waals surface area (Å²) in [5.74, 6) is 0.741. The summed E-state index contributed by atoms with van der Waals surface area (Å²) in [5.41, 5.74) is 3.18. The number of carbonyl (C=O) groups excluding carboxylic acids is 1. The van der Waals surface area contributed by atoms with Gasteiger partial charge in [-0.2, -0.15) is 0 Å². The molecule has 3 rings (SSSR count). The van der Waals surface area contributed by atoms with Gasteiger partial charge >= 0.3 is 0 Å². The minimum Gasteiger partial charge on any atom is -0.349 e. The summed E-state index contributed by atoms with van der Waals surface area (Å²) < 4.78 is 1.53. The van der Waals surface area contributed by atoms with Crippen LogP contribution in [0.25, 0.3) is 5.65 Å². The number of hydrogen-bond donors (Lipinski definition) is 1. The predicted octanol–water partition coefficient (Wildman–Crippen LogP) is 3.77. The number of rotatable bonds is 6. The molecule has 0 saturated carbocycles. The second-order valence-corrected chi connectivity index (χ2v) is 7.78. The molecule has 1 N–H and O–H groups in total. The summed E-state index contributed by atoms with van der Waals surface area (Å²) in [6.45, 7) is 3.86. The van der Waals surface area contributed by atoms with Gasteiger partial charge in [-0.25, -0.2) is 4.98 Å². The van der Waals surface area contributed by atoms with E-state index < -0.39 is 0 Å². The highest BCUT2D eigenvalue weighted by Crippen LogP contribution is 2.17. The summed E-state index contributed by atoms with van der Waals surface area (Å²) in [7, 11) is 0. The van der Waals surface area contributed by atoms with Gasteiger partial charge in [0.15, 0.2) is 0 Å². The van der Waals surface area contributed by atoms with E-state index in [4.69, 9.17) is 11.6 Å². The van der Waals surface area contributed by atoms with Gasteiger partial charge in [-0.3, -0.25) is 14.0 Å². The molecule has 3 aromatic rings. The third-order valence-electron chi connectivity index (χ3n) is 4.09. The zero-order valence-electron chi connectivity index (χ0n) is 15.1. The monoisotopic (exact) mass is 401 g/mol. The summed E-state index contributed by atoms with van der Waals surface area (Å²) in [5, 5.41) is 3.63. The molecule has 0 saturated heterocycles. The number of amides is 1. The van der Waals surface area contributed by atoms with Crippen LogP contribution in [0.4, 0.5) is 0 Å². The Morgan fingerprint density at radius 3 is 2.74 bits per heavy atom. The predicted molar refractivity (Wildman–Crippen MR) is 110 cm³/mol. The number of thioether (sulfide) groups is 1. The number of carbonyl (C=O) groups is 1. The van der Waals surface area contributed by atoms with E-state index in [0.29, 0.717) is 27.9 Å². The lowest BCUT2D eigenvalue weighted by atomic mass is 10.1. The number of halogens is 1. The maximum Gasteiger partial charge on any atom is 0.258 e. The third kappa shape index (κ3) is 5.11. The highest BCUT2D eigenvalue weighted by Gasteiger charge is 2.10. The number of benzene rings is 1. The molecule has 0 bridgehead atoms. The number of nitrogens with zero attached hydrogens (tertiary/aromatic N) is 2. The molecule has 0 unspecified atom stereocenters. The van der Waals surface area contributed by atoms with Gasteiger partial charge in [0.1, 0.15) is 5.65 Å². The van der Waals surface area contributed by atoms with Crippen molar-refractivity contribution in [3.63, 3.8) is 0 Å². The summed E-state index contributed by atoms with van der Waals surface area (Å²) in [6.07, 6.45) is 1.77. The Labute approximate surface area is 166 Å². The lowest BCUT2D eigenvalue weighted by Crippen LogP contribution is -2.28. The highest BCUT2D eigenvalue weighted by molar-refractivity contribution is 7.99. The van der Waals surface area contributed by atoms with Crippen molar-refractivity contribution >= 4 is 34.9 Å². The lowest BCUT2D eigenvalue weighted by Gasteiger charge is -2.14. The van der Waals surface area contributed by atoms with Gasteiger partial charge in [-0.1, -0.05) is 29.8 Å². The molecule has 1 amide bonds. The molecule has 27 heavy (non-hydrogen) atoms. The first-order chi connectivity index (χ1) is 12.9. The average molecular weight is 402 g/mol. The Balaban J connectivity index is 1.55. The average Bonchev–Trinajstić information content (AvgIpc) is 2.63. The first kappa shape index (κ1) is 19.5. The van der Waals surface area contributed by atoms with E-state index in [9.17, 15) is 9.59 Å². The van der Waals surface area contributed by atoms with Gasteiger partial charge < -0.3 is 5.32 Å². The van der Waals surface area contributed by atoms with Crippen LogP contribution >= 0.6 is 23.4 Å². The van der Waals surface area contributed by atoms with E-state index >= 15 is 0 Å². The Morgan fingerprint density at radius 1 is 1.26 bits per heavy atom. The molecule has 0 fully saturated rings. The molecule has 2 aromatic heterocycles. The second kappa shape index (κ2) is 8.59. The van der Waals surface area contributed by atoms with Crippen LogP contribution in [0.2, 0.25) is 5.02 Å². The number of fused-ring (bicyclic) bond motifs is 1. The fraction of sp³-hybridized carbons (Fsp3) is 0.250. The van der Waals surface area contributed by atoms with Gasteiger partial charge in [0.25, 0.3) is 5.56 Å². The topological polar surface area (TPSA) is 63.5 Å². The van der Waals surface area contributed by atoms with Crippen LogP contribution in [-0.4, -0.2) is 21.0 Å². The smallest absolute Gasteiger partial charge is 0.258 e. The molecule has 0 spiro atoms. The quantitative estimate of drug-likeness (QED) is 0.683. The molecule has 1 atom stereocenters. The lowest BCUT2D eigenvalue weighted by molar-refractivity contribution is -0.119. The van der Waals surface area contributed by atoms with Crippen molar-refractivity contribution in [1.29, 1.82) is 0 Å². The van der Waals surface area contributed by atoms with E-state index in [1.54, 1.807) is 18.3 Å². The van der Waals surface area contributed by atoms with Gasteiger partial charge in [0, 0.05) is 23.0 Å². The molecule has 0 aliphatic carbocycles. The maximum absolute atomic E-state index is 12.2. The summed E-state index contributed by atoms with van der Waals surface area (Å²) >= 11 is 7.31. The van der Waals surface area contributed by atoms with Gasteiger partial charge in [-0.05, 0) is 43.2 Å². The van der Waals surface area contributed by atoms with Crippen molar-refractivity contribution in [3.8, 4) is 0 Å². The van der Waals surface area contributed by atoms with E-state index in [1.807, 2.05) is 38.1 Å². The number of aryl methyl sites for hydroxylation is 1. The number of hydrogen-bond acceptors (Lipinski definition) is 4. The largest absolute Gasteiger partial charge is 0.349 e. The zero-order chi connectivity index (χ0) is 19.4. The minimum absolute atomic E-state index is 0.0596. The zero-order valence-corrected chi connectivity index (χ0v) is 16.7. The van der Waals surface area contributed by atoms with Crippen molar-refractivity contribution in [2.75, 3.05) is 5.75 Å². The van der Waals surface area contributed by atoms with Crippen molar-refractivity contribution in [3.05, 3.63) is 80.9 Å². The van der Waals surface area contributed by atoms with Crippen molar-refractivity contribution in [2.45, 2.75) is 25.6 Å². The normalized spacial score (nSPS) is 12.1. The third-order valence-corrected chi connectivity index (χ3v) is 5.31. The summed E-state index contributed by atoms with van der Waals surface area (Å²) in [6, 6.07) is 12.6. The van der Waals surface area contributed by atoms with Crippen LogP contribution in [0.3, 0.4) is 0 Å². The number of nitrogens with one attached hydrogen (secondary N) is 1. The molecule has 0 radical (unpaired) electrons. The second-order valence-electron chi connectivity index (χ2n) is 6.35. The molecular weight excluding hydrogens is 382 g/mol. The molecule has 1 aromatic carbocycles. The van der Waals surface area contributed by atoms with E-state index in [2.05, 4.69) is 10.3 Å². The highest BCUT2D eigenvalue weighted by atomic mass is 35.5. The first-order valence-corrected chi connectivity index (χ1v) is 10.1. The molecule has 140 valence electrons. The van der Waals surface area contributed by atoms with Crippen LogP contribution in [0, 0.1) is 6.92 Å². The molecule has 0 aliphatic rings. The number of pyridine rings is 1. The van der Waals surface area contributed by atoms with Crippen LogP contribution in [0.5, 0.6) is 0 Å². The van der Waals surface area contributed by atoms with Gasteiger partial charge in [-0.15, -0.1) is 11.8 Å². The summed E-state index contributed by atoms with van der Waals surface area (Å²) in [4.78, 5) is 28.8. The van der Waals surface area contributed by atoms with E-state index in [-0.39, 0.29) is 17.5 Å². The molecular formula is C20H20ClN3O2S. The Bertz CT molecular complexity index is 1020. The van der Waals surface area contributed by atoms with Crippen molar-refractivity contribution < 1.29 is 4.79 Å². The molecule has 7 heteroatoms. The Morgan fingerprint density at radius 2 is 2.00 bits per heavy atom. The van der Waals surface area contributed by atoms with Gasteiger partial charge in [0.05, 0.1) is 17.5 Å². The molecule has 5 nitrogen and oxygen atoms in total. The van der Waals surface area contributed by atoms with Crippen LogP contribution in [0.1, 0.15) is 29.8 Å². The fourth-order valence-corrected chi connectivity index (χ4v) is 3.55.